The van der Waals surface area contributed by atoms with E-state index in [4.69, 9.17) is 56.8 Å². The van der Waals surface area contributed by atoms with Gasteiger partial charge in [-0.1, -0.05) is 0 Å². The molecule has 0 aromatic heterocycles. The fourth-order valence-electron chi connectivity index (χ4n) is 5.65. The van der Waals surface area contributed by atoms with Crippen molar-refractivity contribution in [2.45, 2.75) is 113 Å². The number of esters is 2. The van der Waals surface area contributed by atoms with Crippen molar-refractivity contribution < 1.29 is 81.4 Å². The number of fused-ring (bicyclic) bond motifs is 2. The topological polar surface area (TPSA) is 202 Å². The van der Waals surface area contributed by atoms with Crippen molar-refractivity contribution in [3.63, 3.8) is 0 Å². The lowest BCUT2D eigenvalue weighted by Gasteiger charge is -2.41. The molecular formula is C25H36O17. The van der Waals surface area contributed by atoms with E-state index in [1.807, 2.05) is 0 Å². The van der Waals surface area contributed by atoms with E-state index in [0.29, 0.717) is 0 Å². The molecule has 0 aliphatic carbocycles. The van der Waals surface area contributed by atoms with Crippen LogP contribution >= 0.6 is 0 Å². The molecule has 5 saturated heterocycles. The molecule has 0 saturated carbocycles. The fourth-order valence-corrected chi connectivity index (χ4v) is 5.65. The van der Waals surface area contributed by atoms with Gasteiger partial charge in [-0.05, 0) is 20.8 Å². The number of hydrogen-bond acceptors (Lipinski definition) is 17. The van der Waals surface area contributed by atoms with Crippen LogP contribution in [0.15, 0.2) is 0 Å². The van der Waals surface area contributed by atoms with Crippen LogP contribution < -0.4 is 0 Å². The average Bonchev–Trinajstić information content (AvgIpc) is 3.57. The lowest BCUT2D eigenvalue weighted by molar-refractivity contribution is -0.312. The Bertz CT molecular complexity index is 1040. The van der Waals surface area contributed by atoms with E-state index in [2.05, 4.69) is 0 Å². The normalized spacial score (nSPS) is 45.9. The van der Waals surface area contributed by atoms with Gasteiger partial charge in [-0.3, -0.25) is 4.79 Å². The number of hydrogen-bond donors (Lipinski definition) is 2. The molecule has 0 unspecified atom stereocenters. The van der Waals surface area contributed by atoms with Gasteiger partial charge in [0.2, 0.25) is 0 Å². The van der Waals surface area contributed by atoms with Gasteiger partial charge in [0.25, 0.3) is 0 Å². The van der Waals surface area contributed by atoms with Crippen molar-refractivity contribution in [2.75, 3.05) is 27.4 Å². The number of aliphatic hydroxyl groups excluding tert-OH is 1. The van der Waals surface area contributed by atoms with Gasteiger partial charge in [-0.2, -0.15) is 0 Å². The maximum absolute atomic E-state index is 12.4. The molecule has 5 rings (SSSR count). The molecule has 17 heteroatoms. The van der Waals surface area contributed by atoms with Crippen molar-refractivity contribution in [1.82, 2.24) is 0 Å². The summed E-state index contributed by atoms with van der Waals surface area (Å²) in [6.07, 6.45) is -14.4. The van der Waals surface area contributed by atoms with Gasteiger partial charge in [0.15, 0.2) is 49.1 Å². The monoisotopic (exact) mass is 608 g/mol. The Labute approximate surface area is 240 Å². The van der Waals surface area contributed by atoms with Gasteiger partial charge < -0.3 is 67.1 Å². The second kappa shape index (κ2) is 11.7. The third-order valence-corrected chi connectivity index (χ3v) is 7.59. The number of ether oxygens (including phenoxy) is 12. The highest BCUT2D eigenvalue weighted by Crippen LogP contribution is 2.41. The number of carbonyl (C=O) groups is 3. The van der Waals surface area contributed by atoms with Crippen molar-refractivity contribution in [1.29, 1.82) is 0 Å². The number of carbonyl (C=O) groups excluding carboxylic acids is 3. The zero-order chi connectivity index (χ0) is 30.6. The van der Waals surface area contributed by atoms with E-state index >= 15 is 0 Å². The van der Waals surface area contributed by atoms with Gasteiger partial charge in [0.05, 0.1) is 26.4 Å². The summed E-state index contributed by atoms with van der Waals surface area (Å²) in [5.41, 5.74) is -2.00. The van der Waals surface area contributed by atoms with Crippen molar-refractivity contribution in [3.8, 4) is 0 Å². The lowest BCUT2D eigenvalue weighted by Crippen LogP contribution is -2.61. The van der Waals surface area contributed by atoms with E-state index in [0.717, 1.165) is 0 Å². The predicted octanol–water partition coefficient (Wildman–Crippen LogP) is -1.52. The summed E-state index contributed by atoms with van der Waals surface area (Å²) in [6, 6.07) is 0. The Kier molecular flexibility index (Phi) is 8.72. The van der Waals surface area contributed by atoms with Crippen LogP contribution in [-0.4, -0.2) is 141 Å². The summed E-state index contributed by atoms with van der Waals surface area (Å²) in [6.45, 7) is 5.13. The first-order chi connectivity index (χ1) is 19.8. The molecule has 0 aromatic rings. The summed E-state index contributed by atoms with van der Waals surface area (Å²) in [7, 11) is 2.54. The molecule has 5 heterocycles. The summed E-state index contributed by atoms with van der Waals surface area (Å²) in [5.74, 6) is -2.42. The van der Waals surface area contributed by atoms with Crippen LogP contribution in [0, 0.1) is 0 Å². The minimum absolute atomic E-state index is 0.422. The molecule has 5 fully saturated rings. The second-order valence-electron chi connectivity index (χ2n) is 11.1. The molecule has 5 aliphatic heterocycles. The average molecular weight is 609 g/mol. The Balaban J connectivity index is 1.25. The highest BCUT2D eigenvalue weighted by molar-refractivity contribution is 5.75. The minimum Gasteiger partial charge on any atom is -0.467 e. The van der Waals surface area contributed by atoms with Crippen LogP contribution in [0.3, 0.4) is 0 Å². The molecule has 13 atom stereocenters. The molecule has 42 heavy (non-hydrogen) atoms. The van der Waals surface area contributed by atoms with E-state index in [-0.39, 0.29) is 0 Å². The highest BCUT2D eigenvalue weighted by atomic mass is 16.8. The molecular weight excluding hydrogens is 572 g/mol. The van der Waals surface area contributed by atoms with Crippen LogP contribution in [0.4, 0.5) is 4.79 Å². The minimum atomic E-state index is -2.00. The summed E-state index contributed by atoms with van der Waals surface area (Å²) >= 11 is 0. The smallest absolute Gasteiger partial charge is 0.467 e. The Morgan fingerprint density at radius 2 is 1.67 bits per heavy atom. The van der Waals surface area contributed by atoms with Crippen LogP contribution in [0.2, 0.25) is 0 Å². The van der Waals surface area contributed by atoms with Gasteiger partial charge in [-0.15, -0.1) is 0 Å². The predicted molar refractivity (Wildman–Crippen MR) is 128 cm³/mol. The van der Waals surface area contributed by atoms with E-state index < -0.39 is 117 Å². The van der Waals surface area contributed by atoms with Crippen LogP contribution in [0.5, 0.6) is 0 Å². The van der Waals surface area contributed by atoms with Crippen molar-refractivity contribution in [3.05, 3.63) is 0 Å². The van der Waals surface area contributed by atoms with E-state index in [1.165, 1.54) is 21.1 Å². The molecule has 0 radical (unpaired) electrons. The quantitative estimate of drug-likeness (QED) is 0.237. The Morgan fingerprint density at radius 3 is 2.33 bits per heavy atom. The Morgan fingerprint density at radius 1 is 0.976 bits per heavy atom. The summed E-state index contributed by atoms with van der Waals surface area (Å²) < 4.78 is 66.6. The van der Waals surface area contributed by atoms with Gasteiger partial charge >= 0.3 is 18.1 Å². The first kappa shape index (κ1) is 31.2. The van der Waals surface area contributed by atoms with Crippen LogP contribution in [0.25, 0.3) is 0 Å². The van der Waals surface area contributed by atoms with E-state index in [9.17, 15) is 24.6 Å². The van der Waals surface area contributed by atoms with Crippen LogP contribution in [0.1, 0.15) is 27.7 Å². The maximum atomic E-state index is 12.4. The summed E-state index contributed by atoms with van der Waals surface area (Å²) in [4.78, 5) is 35.8. The van der Waals surface area contributed by atoms with Crippen molar-refractivity contribution >= 4 is 18.1 Å². The Hall–Kier alpha value is -2.19. The summed E-state index contributed by atoms with van der Waals surface area (Å²) in [5, 5.41) is 22.3. The first-order valence-electron chi connectivity index (χ1n) is 13.4. The maximum Gasteiger partial charge on any atom is 0.509 e. The first-order valence-corrected chi connectivity index (χ1v) is 13.4. The third-order valence-electron chi connectivity index (χ3n) is 7.59. The molecule has 0 spiro atoms. The number of aliphatic hydroxyl groups is 2. The lowest BCUT2D eigenvalue weighted by atomic mass is 9.97. The second-order valence-corrected chi connectivity index (χ2v) is 11.1. The largest absolute Gasteiger partial charge is 0.509 e. The van der Waals surface area contributed by atoms with Gasteiger partial charge in [0, 0.05) is 14.0 Å². The van der Waals surface area contributed by atoms with Gasteiger partial charge in [0.1, 0.15) is 30.0 Å². The molecule has 2 N–H and O–H groups in total. The standard InChI is InChI=1S/C25H36O17/c1-9-11(36-10(2)26)12-16(40-23(29)39-12)21(35-9)33-7-25(30)8-34-22(18(25)27)38-17-14-13(41-24(3,4)42-14)15(19(28)31-5)37-20(17)32-6/h9,11-18,20-22,27,30H,7-8H2,1-6H3/t9-,11-,12+,13+,14-,15-,16+,17+,18-,20-,21-,22-,25+/m0/s1. The van der Waals surface area contributed by atoms with Gasteiger partial charge in [-0.25, -0.2) is 9.59 Å². The molecule has 0 amide bonds. The highest BCUT2D eigenvalue weighted by Gasteiger charge is 2.61. The van der Waals surface area contributed by atoms with Crippen LogP contribution in [-0.2, 0) is 66.4 Å². The van der Waals surface area contributed by atoms with Crippen molar-refractivity contribution in [2.24, 2.45) is 0 Å². The van der Waals surface area contributed by atoms with E-state index in [1.54, 1.807) is 20.8 Å². The molecule has 238 valence electrons. The molecule has 5 aliphatic rings. The zero-order valence-electron chi connectivity index (χ0n) is 23.9. The molecule has 0 bridgehead atoms. The fraction of sp³-hybridized carbons (Fsp3) is 0.880. The zero-order valence-corrected chi connectivity index (χ0v) is 23.9. The molecule has 17 nitrogen and oxygen atoms in total. The molecule has 0 aromatic carbocycles. The number of methoxy groups -OCH3 is 2. The third kappa shape index (κ3) is 5.82. The number of rotatable bonds is 8. The SMILES string of the molecule is COC(=O)[C@H]1O[C@H](OC)[C@H](O[C@@H]2OC[C@](O)(CO[C@H]3O[C@@H](C)[C@H](OC(C)=O)[C@H]4OC(=O)O[C@@H]34)[C@H]2O)[C@H]2OC(C)(C)O[C@H]21.